The average molecular weight is 547 g/mol. The minimum absolute atomic E-state index is 0.247. The number of nitrogens with zero attached hydrogens (tertiary/aromatic N) is 2. The maximum atomic E-state index is 11.2. The Bertz CT molecular complexity index is 1470. The summed E-state index contributed by atoms with van der Waals surface area (Å²) in [6, 6.07) is 23.3. The van der Waals surface area contributed by atoms with Gasteiger partial charge >= 0.3 is 0 Å². The fourth-order valence-corrected chi connectivity index (χ4v) is 5.03. The number of aliphatic hydroxyl groups excluding tert-OH is 2. The third-order valence-electron chi connectivity index (χ3n) is 7.17. The van der Waals surface area contributed by atoms with E-state index < -0.39 is 30.6 Å². The van der Waals surface area contributed by atoms with Crippen molar-refractivity contribution in [2.24, 2.45) is 5.73 Å². The van der Waals surface area contributed by atoms with Crippen molar-refractivity contribution in [3.05, 3.63) is 78.4 Å². The number of ether oxygens (including phenoxy) is 2. The van der Waals surface area contributed by atoms with Gasteiger partial charge in [-0.1, -0.05) is 54.6 Å². The van der Waals surface area contributed by atoms with E-state index in [1.165, 1.54) is 6.92 Å². The van der Waals surface area contributed by atoms with E-state index in [0.717, 1.165) is 16.7 Å². The van der Waals surface area contributed by atoms with Crippen LogP contribution < -0.4 is 15.8 Å². The van der Waals surface area contributed by atoms with Crippen molar-refractivity contribution in [3.8, 4) is 16.9 Å². The molecule has 10 nitrogen and oxygen atoms in total. The standard InChI is InChI=1S/C30H34N4O6/c1-30(38)27(37)25(18-35)40-28(30)34-23-11-6-5-10-22(23)33-29(34)32-17-19-13-14-21(20-8-3-2-4-9-20)24(16-19)39-15-7-12-26(31)36/h2-6,8-11,13-14,16,25,27-28,35,37-38H,7,12,15,17-18H2,1H3,(H2,31,36)(H,32,33)/t25-,27-,28-,30?/m1/s1. The van der Waals surface area contributed by atoms with E-state index in [1.807, 2.05) is 72.8 Å². The second-order valence-electron chi connectivity index (χ2n) is 10.1. The van der Waals surface area contributed by atoms with Gasteiger partial charge in [-0.05, 0) is 42.7 Å². The van der Waals surface area contributed by atoms with Gasteiger partial charge in [0.15, 0.2) is 6.23 Å². The molecule has 1 unspecified atom stereocenters. The second kappa shape index (κ2) is 11.6. The fraction of sp³-hybridized carbons (Fsp3) is 0.333. The molecule has 2 heterocycles. The Morgan fingerprint density at radius 3 is 2.62 bits per heavy atom. The molecule has 0 aliphatic carbocycles. The van der Waals surface area contributed by atoms with E-state index in [1.54, 1.807) is 4.57 Å². The van der Waals surface area contributed by atoms with Gasteiger partial charge in [-0.2, -0.15) is 0 Å². The lowest BCUT2D eigenvalue weighted by Crippen LogP contribution is -2.44. The summed E-state index contributed by atoms with van der Waals surface area (Å²) in [5.74, 6) is 0.753. The average Bonchev–Trinajstić information content (AvgIpc) is 3.43. The largest absolute Gasteiger partial charge is 0.493 e. The van der Waals surface area contributed by atoms with Crippen LogP contribution >= 0.6 is 0 Å². The Hall–Kier alpha value is -3.96. The Morgan fingerprint density at radius 2 is 1.90 bits per heavy atom. The summed E-state index contributed by atoms with van der Waals surface area (Å²) in [6.45, 7) is 1.77. The number of imidazole rings is 1. The molecule has 5 rings (SSSR count). The number of primary amides is 1. The van der Waals surface area contributed by atoms with E-state index in [9.17, 15) is 20.1 Å². The summed E-state index contributed by atoms with van der Waals surface area (Å²) in [5.41, 5.74) is 7.84. The molecule has 0 radical (unpaired) electrons. The van der Waals surface area contributed by atoms with Crippen LogP contribution in [0, 0.1) is 0 Å². The molecule has 0 saturated carbocycles. The summed E-state index contributed by atoms with van der Waals surface area (Å²) >= 11 is 0. The number of rotatable bonds is 11. The molecule has 1 saturated heterocycles. The number of aromatic nitrogens is 2. The number of nitrogens with one attached hydrogen (secondary N) is 1. The SMILES string of the molecule is CC1(O)[C@H](O)[C@@H](CO)O[C@H]1n1c(NCc2ccc(-c3ccccc3)c(OCCCC(N)=O)c2)nc2ccccc21. The first kappa shape index (κ1) is 27.6. The first-order valence-corrected chi connectivity index (χ1v) is 13.3. The normalized spacial score (nSPS) is 22.4. The van der Waals surface area contributed by atoms with Crippen molar-refractivity contribution >= 4 is 22.9 Å². The summed E-state index contributed by atoms with van der Waals surface area (Å²) in [6.07, 6.45) is -2.45. The van der Waals surface area contributed by atoms with Crippen molar-refractivity contribution in [2.75, 3.05) is 18.5 Å². The van der Waals surface area contributed by atoms with Gasteiger partial charge in [-0.15, -0.1) is 0 Å². The summed E-state index contributed by atoms with van der Waals surface area (Å²) < 4.78 is 13.7. The van der Waals surface area contributed by atoms with Crippen LogP contribution in [-0.2, 0) is 16.1 Å². The van der Waals surface area contributed by atoms with Gasteiger partial charge in [0, 0.05) is 18.5 Å². The Labute approximate surface area is 232 Å². The smallest absolute Gasteiger partial charge is 0.217 e. The van der Waals surface area contributed by atoms with Gasteiger partial charge in [0.1, 0.15) is 23.6 Å². The zero-order valence-corrected chi connectivity index (χ0v) is 22.2. The molecule has 3 aromatic carbocycles. The molecule has 210 valence electrons. The number of hydrogen-bond donors (Lipinski definition) is 5. The number of carbonyl (C=O) groups excluding carboxylic acids is 1. The van der Waals surface area contributed by atoms with Gasteiger partial charge in [-0.3, -0.25) is 9.36 Å². The summed E-state index contributed by atoms with van der Waals surface area (Å²) in [4.78, 5) is 15.9. The highest BCUT2D eigenvalue weighted by molar-refractivity contribution is 5.79. The third-order valence-corrected chi connectivity index (χ3v) is 7.17. The van der Waals surface area contributed by atoms with Gasteiger partial charge in [0.05, 0.1) is 24.2 Å². The molecule has 1 aliphatic rings. The van der Waals surface area contributed by atoms with Crippen LogP contribution in [0.1, 0.15) is 31.6 Å². The topological polar surface area (TPSA) is 152 Å². The number of para-hydroxylation sites is 2. The number of nitrogens with two attached hydrogens (primary N) is 1. The fourth-order valence-electron chi connectivity index (χ4n) is 5.03. The van der Waals surface area contributed by atoms with Crippen molar-refractivity contribution in [1.82, 2.24) is 9.55 Å². The molecular weight excluding hydrogens is 512 g/mol. The van der Waals surface area contributed by atoms with Crippen LogP contribution in [0.15, 0.2) is 72.8 Å². The quantitative estimate of drug-likeness (QED) is 0.180. The molecule has 0 spiro atoms. The van der Waals surface area contributed by atoms with Gasteiger partial charge in [0.2, 0.25) is 11.9 Å². The summed E-state index contributed by atoms with van der Waals surface area (Å²) in [5, 5.41) is 34.8. The highest BCUT2D eigenvalue weighted by Gasteiger charge is 2.53. The minimum Gasteiger partial charge on any atom is -0.493 e. The number of carbonyl (C=O) groups is 1. The van der Waals surface area contributed by atoms with Crippen LogP contribution in [0.2, 0.25) is 0 Å². The number of amides is 1. The van der Waals surface area contributed by atoms with Gasteiger partial charge in [0.25, 0.3) is 0 Å². The van der Waals surface area contributed by atoms with Gasteiger partial charge < -0.3 is 35.8 Å². The van der Waals surface area contributed by atoms with E-state index >= 15 is 0 Å². The molecule has 6 N–H and O–H groups in total. The third kappa shape index (κ3) is 5.52. The maximum absolute atomic E-state index is 11.2. The number of benzene rings is 3. The first-order chi connectivity index (χ1) is 19.3. The zero-order valence-electron chi connectivity index (χ0n) is 22.2. The van der Waals surface area contributed by atoms with Crippen LogP contribution in [0.4, 0.5) is 5.95 Å². The number of hydrogen-bond acceptors (Lipinski definition) is 8. The maximum Gasteiger partial charge on any atom is 0.217 e. The summed E-state index contributed by atoms with van der Waals surface area (Å²) in [7, 11) is 0. The Balaban J connectivity index is 1.43. The molecule has 10 heteroatoms. The molecule has 1 aliphatic heterocycles. The molecule has 40 heavy (non-hydrogen) atoms. The van der Waals surface area contributed by atoms with Crippen LogP contribution in [-0.4, -0.2) is 61.8 Å². The molecule has 4 aromatic rings. The van der Waals surface area contributed by atoms with Crippen molar-refractivity contribution in [2.45, 2.75) is 50.3 Å². The Morgan fingerprint density at radius 1 is 1.15 bits per heavy atom. The second-order valence-corrected chi connectivity index (χ2v) is 10.1. The van der Waals surface area contributed by atoms with Crippen molar-refractivity contribution in [3.63, 3.8) is 0 Å². The van der Waals surface area contributed by atoms with Crippen molar-refractivity contribution < 1.29 is 29.6 Å². The zero-order chi connectivity index (χ0) is 28.3. The van der Waals surface area contributed by atoms with E-state index in [0.29, 0.717) is 42.3 Å². The lowest BCUT2D eigenvalue weighted by Gasteiger charge is -2.29. The lowest BCUT2D eigenvalue weighted by atomic mass is 9.96. The predicted octanol–water partition coefficient (Wildman–Crippen LogP) is 2.96. The first-order valence-electron chi connectivity index (χ1n) is 13.3. The molecule has 0 bridgehead atoms. The van der Waals surface area contributed by atoms with Crippen LogP contribution in [0.25, 0.3) is 22.2 Å². The van der Waals surface area contributed by atoms with E-state index in [2.05, 4.69) is 5.32 Å². The predicted molar refractivity (Wildman–Crippen MR) is 150 cm³/mol. The molecular formula is C30H34N4O6. The molecule has 1 amide bonds. The molecule has 4 atom stereocenters. The number of fused-ring (bicyclic) bond motifs is 1. The van der Waals surface area contributed by atoms with Crippen molar-refractivity contribution in [1.29, 1.82) is 0 Å². The monoisotopic (exact) mass is 546 g/mol. The van der Waals surface area contributed by atoms with Crippen LogP contribution in [0.3, 0.4) is 0 Å². The highest BCUT2D eigenvalue weighted by atomic mass is 16.6. The molecule has 1 aromatic heterocycles. The van der Waals surface area contributed by atoms with Gasteiger partial charge in [-0.25, -0.2) is 4.98 Å². The minimum atomic E-state index is -1.67. The van der Waals surface area contributed by atoms with E-state index in [-0.39, 0.29) is 12.3 Å². The Kier molecular flexibility index (Phi) is 8.04. The lowest BCUT2D eigenvalue weighted by molar-refractivity contribution is -0.118. The number of aliphatic hydroxyl groups is 3. The van der Waals surface area contributed by atoms with E-state index in [4.69, 9.17) is 20.2 Å². The van der Waals surface area contributed by atoms with Crippen LogP contribution in [0.5, 0.6) is 5.75 Å². The highest BCUT2D eigenvalue weighted by Crippen LogP contribution is 2.41. The number of anilines is 1. The molecule has 1 fully saturated rings.